The molecule has 1 aromatic carbocycles. The van der Waals surface area contributed by atoms with E-state index in [1.165, 1.54) is 31.2 Å². The van der Waals surface area contributed by atoms with Crippen molar-refractivity contribution in [1.82, 2.24) is 20.0 Å². The van der Waals surface area contributed by atoms with Gasteiger partial charge in [0.1, 0.15) is 6.04 Å². The third-order valence-corrected chi connectivity index (χ3v) is 8.04. The summed E-state index contributed by atoms with van der Waals surface area (Å²) < 4.78 is 0. The minimum Gasteiger partial charge on any atom is -0.330 e. The molecule has 3 aliphatic heterocycles. The third-order valence-electron chi connectivity index (χ3n) is 8.04. The highest BCUT2D eigenvalue weighted by atomic mass is 16.2. The van der Waals surface area contributed by atoms with Gasteiger partial charge in [-0.15, -0.1) is 0 Å². The SMILES string of the molecule is NC[C@@H]1CCCC[C@H]1N1CCN(Cc2ccc3c(c2)CN(C2CCC(=O)NC2=O)C3=O)CC1. The van der Waals surface area contributed by atoms with E-state index in [1.807, 2.05) is 12.1 Å². The van der Waals surface area contributed by atoms with E-state index in [-0.39, 0.29) is 24.1 Å². The molecule has 8 heteroatoms. The average molecular weight is 454 g/mol. The lowest BCUT2D eigenvalue weighted by atomic mass is 9.83. The molecule has 33 heavy (non-hydrogen) atoms. The number of imide groups is 1. The van der Waals surface area contributed by atoms with Crippen LogP contribution in [0.5, 0.6) is 0 Å². The fraction of sp³-hybridized carbons (Fsp3) is 0.640. The van der Waals surface area contributed by atoms with Gasteiger partial charge in [0.15, 0.2) is 0 Å². The lowest BCUT2D eigenvalue weighted by Gasteiger charge is -2.44. The molecular weight excluding hydrogens is 418 g/mol. The summed E-state index contributed by atoms with van der Waals surface area (Å²) in [6, 6.07) is 6.16. The van der Waals surface area contributed by atoms with Gasteiger partial charge >= 0.3 is 0 Å². The summed E-state index contributed by atoms with van der Waals surface area (Å²) >= 11 is 0. The summed E-state index contributed by atoms with van der Waals surface area (Å²) in [7, 11) is 0. The average Bonchev–Trinajstić information content (AvgIpc) is 3.15. The van der Waals surface area contributed by atoms with Crippen LogP contribution in [0.3, 0.4) is 0 Å². The smallest absolute Gasteiger partial charge is 0.255 e. The Morgan fingerprint density at radius 3 is 2.55 bits per heavy atom. The Bertz CT molecular complexity index is 927. The number of hydrogen-bond acceptors (Lipinski definition) is 6. The second kappa shape index (κ2) is 9.52. The van der Waals surface area contributed by atoms with Crippen molar-refractivity contribution in [3.63, 3.8) is 0 Å². The van der Waals surface area contributed by atoms with Gasteiger partial charge in [-0.25, -0.2) is 0 Å². The molecule has 4 aliphatic rings. The highest BCUT2D eigenvalue weighted by molar-refractivity contribution is 6.05. The van der Waals surface area contributed by atoms with E-state index in [4.69, 9.17) is 5.73 Å². The van der Waals surface area contributed by atoms with Crippen molar-refractivity contribution in [3.8, 4) is 0 Å². The number of carbonyl (C=O) groups excluding carboxylic acids is 3. The molecule has 3 N–H and O–H groups in total. The lowest BCUT2D eigenvalue weighted by Crippen LogP contribution is -2.53. The van der Waals surface area contributed by atoms with E-state index in [0.717, 1.165) is 44.8 Å². The molecule has 1 unspecified atom stereocenters. The first kappa shape index (κ1) is 22.5. The molecule has 3 heterocycles. The van der Waals surface area contributed by atoms with Crippen LogP contribution in [0.4, 0.5) is 0 Å². The van der Waals surface area contributed by atoms with E-state index >= 15 is 0 Å². The zero-order chi connectivity index (χ0) is 22.9. The zero-order valence-corrected chi connectivity index (χ0v) is 19.3. The molecule has 178 valence electrons. The van der Waals surface area contributed by atoms with Gasteiger partial charge in [0, 0.05) is 57.3 Å². The maximum absolute atomic E-state index is 12.9. The minimum absolute atomic E-state index is 0.110. The Kier molecular flexibility index (Phi) is 6.49. The monoisotopic (exact) mass is 453 g/mol. The van der Waals surface area contributed by atoms with Crippen molar-refractivity contribution < 1.29 is 14.4 Å². The first-order valence-corrected chi connectivity index (χ1v) is 12.5. The number of rotatable bonds is 5. The van der Waals surface area contributed by atoms with Gasteiger partial charge in [-0.3, -0.25) is 29.5 Å². The van der Waals surface area contributed by atoms with Crippen molar-refractivity contribution in [1.29, 1.82) is 0 Å². The number of nitrogens with zero attached hydrogens (tertiary/aromatic N) is 3. The molecule has 2 saturated heterocycles. The molecule has 3 atom stereocenters. The second-order valence-corrected chi connectivity index (χ2v) is 10.1. The molecule has 5 rings (SSSR count). The molecule has 0 aromatic heterocycles. The van der Waals surface area contributed by atoms with Crippen LogP contribution in [0.25, 0.3) is 0 Å². The number of nitrogens with two attached hydrogens (primary N) is 1. The van der Waals surface area contributed by atoms with Gasteiger partial charge in [0.25, 0.3) is 5.91 Å². The summed E-state index contributed by atoms with van der Waals surface area (Å²) in [4.78, 5) is 43.4. The zero-order valence-electron chi connectivity index (χ0n) is 19.3. The van der Waals surface area contributed by atoms with E-state index in [1.54, 1.807) is 4.90 Å². The predicted octanol–water partition coefficient (Wildman–Crippen LogP) is 1.08. The maximum atomic E-state index is 12.9. The van der Waals surface area contributed by atoms with Gasteiger partial charge in [-0.05, 0) is 48.9 Å². The molecule has 1 aromatic rings. The maximum Gasteiger partial charge on any atom is 0.255 e. The molecule has 3 fully saturated rings. The normalized spacial score (nSPS) is 29.3. The number of fused-ring (bicyclic) bond motifs is 1. The number of piperidine rings is 1. The van der Waals surface area contributed by atoms with E-state index in [9.17, 15) is 14.4 Å². The van der Waals surface area contributed by atoms with Crippen LogP contribution in [0, 0.1) is 5.92 Å². The van der Waals surface area contributed by atoms with Crippen LogP contribution in [-0.2, 0) is 22.7 Å². The molecule has 1 aliphatic carbocycles. The van der Waals surface area contributed by atoms with Crippen LogP contribution in [0.1, 0.15) is 60.0 Å². The minimum atomic E-state index is -0.559. The lowest BCUT2D eigenvalue weighted by molar-refractivity contribution is -0.136. The summed E-state index contributed by atoms with van der Waals surface area (Å²) in [6.45, 7) is 6.39. The Morgan fingerprint density at radius 2 is 1.79 bits per heavy atom. The van der Waals surface area contributed by atoms with Crippen molar-refractivity contribution in [2.45, 2.75) is 63.7 Å². The van der Waals surface area contributed by atoms with Gasteiger partial charge < -0.3 is 10.6 Å². The first-order chi connectivity index (χ1) is 16.0. The predicted molar refractivity (Wildman–Crippen MR) is 124 cm³/mol. The van der Waals surface area contributed by atoms with Crippen LogP contribution in [-0.4, -0.2) is 77.2 Å². The van der Waals surface area contributed by atoms with Gasteiger partial charge in [-0.2, -0.15) is 0 Å². The molecule has 3 amide bonds. The molecular formula is C25H35N5O3. The van der Waals surface area contributed by atoms with Gasteiger partial charge in [0.05, 0.1) is 0 Å². The summed E-state index contributed by atoms with van der Waals surface area (Å²) in [6.07, 6.45) is 5.87. The molecule has 1 saturated carbocycles. The molecule has 8 nitrogen and oxygen atoms in total. The van der Waals surface area contributed by atoms with Crippen molar-refractivity contribution >= 4 is 17.7 Å². The van der Waals surface area contributed by atoms with Gasteiger partial charge in [0.2, 0.25) is 11.8 Å². The Hall–Kier alpha value is -2.29. The summed E-state index contributed by atoms with van der Waals surface area (Å²) in [5.74, 6) is -0.0846. The van der Waals surface area contributed by atoms with Crippen LogP contribution in [0.2, 0.25) is 0 Å². The van der Waals surface area contributed by atoms with E-state index in [2.05, 4.69) is 21.2 Å². The third kappa shape index (κ3) is 4.56. The first-order valence-electron chi connectivity index (χ1n) is 12.5. The standard InChI is InChI=1S/C25H35N5O3/c26-14-18-3-1-2-4-21(18)29-11-9-28(10-12-29)15-17-5-6-20-19(13-17)16-30(25(20)33)22-7-8-23(31)27-24(22)32/h5-6,13,18,21-22H,1-4,7-12,14-16,26H2,(H,27,31,32)/t18-,21+,22?/m0/s1. The number of benzene rings is 1. The number of amides is 3. The Morgan fingerprint density at radius 1 is 1.00 bits per heavy atom. The van der Waals surface area contributed by atoms with Gasteiger partial charge in [-0.1, -0.05) is 25.0 Å². The number of nitrogens with one attached hydrogen (secondary N) is 1. The van der Waals surface area contributed by atoms with Crippen LogP contribution >= 0.6 is 0 Å². The molecule has 0 radical (unpaired) electrons. The van der Waals surface area contributed by atoms with Crippen LogP contribution < -0.4 is 11.1 Å². The van der Waals surface area contributed by atoms with Crippen molar-refractivity contribution in [2.24, 2.45) is 11.7 Å². The van der Waals surface area contributed by atoms with Crippen molar-refractivity contribution in [2.75, 3.05) is 32.7 Å². The number of hydrogen-bond donors (Lipinski definition) is 2. The number of carbonyl (C=O) groups is 3. The quantitative estimate of drug-likeness (QED) is 0.648. The summed E-state index contributed by atoms with van der Waals surface area (Å²) in [5, 5.41) is 2.36. The Balaban J connectivity index is 1.18. The fourth-order valence-electron chi connectivity index (χ4n) is 6.18. The van der Waals surface area contributed by atoms with Crippen molar-refractivity contribution in [3.05, 3.63) is 34.9 Å². The second-order valence-electron chi connectivity index (χ2n) is 10.1. The fourth-order valence-corrected chi connectivity index (χ4v) is 6.18. The number of piperazine rings is 1. The summed E-state index contributed by atoms with van der Waals surface area (Å²) in [5.41, 5.74) is 8.92. The van der Waals surface area contributed by atoms with Crippen LogP contribution in [0.15, 0.2) is 18.2 Å². The highest BCUT2D eigenvalue weighted by Crippen LogP contribution is 2.30. The largest absolute Gasteiger partial charge is 0.330 e. The molecule has 0 bridgehead atoms. The van der Waals surface area contributed by atoms with E-state index < -0.39 is 6.04 Å². The molecule has 0 spiro atoms. The Labute approximate surface area is 195 Å². The topological polar surface area (TPSA) is 99.0 Å². The highest BCUT2D eigenvalue weighted by Gasteiger charge is 2.39. The van der Waals surface area contributed by atoms with E-state index in [0.29, 0.717) is 30.5 Å².